The molecule has 2 aliphatic heterocycles. The van der Waals surface area contributed by atoms with Crippen LogP contribution >= 0.6 is 34.8 Å². The molecule has 1 saturated heterocycles. The molecule has 0 atom stereocenters. The van der Waals surface area contributed by atoms with Gasteiger partial charge < -0.3 is 10.2 Å². The summed E-state index contributed by atoms with van der Waals surface area (Å²) in [4.78, 5) is 41.0. The number of hydrogen-bond donors (Lipinski definition) is 1. The fraction of sp³-hybridized carbons (Fsp3) is 0.261. The van der Waals surface area contributed by atoms with Gasteiger partial charge in [0.1, 0.15) is 10.7 Å². The van der Waals surface area contributed by atoms with Crippen molar-refractivity contribution in [3.05, 3.63) is 68.8 Å². The van der Waals surface area contributed by atoms with Gasteiger partial charge in [-0.3, -0.25) is 14.4 Å². The van der Waals surface area contributed by atoms with Gasteiger partial charge in [-0.05, 0) is 55.2 Å². The number of halogens is 3. The summed E-state index contributed by atoms with van der Waals surface area (Å²) in [6.45, 7) is 3.70. The van der Waals surface area contributed by atoms with Crippen LogP contribution in [-0.4, -0.2) is 35.7 Å². The number of amides is 3. The van der Waals surface area contributed by atoms with Gasteiger partial charge >= 0.3 is 0 Å². The summed E-state index contributed by atoms with van der Waals surface area (Å²) in [6.07, 6.45) is 2.00. The van der Waals surface area contributed by atoms with Gasteiger partial charge in [-0.25, -0.2) is 4.90 Å². The van der Waals surface area contributed by atoms with Crippen molar-refractivity contribution in [3.8, 4) is 0 Å². The van der Waals surface area contributed by atoms with Gasteiger partial charge in [-0.1, -0.05) is 47.8 Å². The summed E-state index contributed by atoms with van der Waals surface area (Å²) in [6, 6.07) is 11.4. The number of carbonyl (C=O) groups excluding carboxylic acids is 3. The van der Waals surface area contributed by atoms with Gasteiger partial charge in [0.05, 0.1) is 15.7 Å². The molecule has 2 aromatic carbocycles. The van der Waals surface area contributed by atoms with Crippen LogP contribution in [0.4, 0.5) is 11.4 Å². The van der Waals surface area contributed by atoms with E-state index in [1.807, 2.05) is 4.90 Å². The lowest BCUT2D eigenvalue weighted by Crippen LogP contribution is -2.37. The van der Waals surface area contributed by atoms with E-state index in [2.05, 4.69) is 12.2 Å². The number of hydrogen-bond acceptors (Lipinski definition) is 4. The first kappa shape index (κ1) is 22.6. The molecule has 166 valence electrons. The summed E-state index contributed by atoms with van der Waals surface area (Å²) in [5.41, 5.74) is 1.16. The van der Waals surface area contributed by atoms with Crippen LogP contribution in [-0.2, 0) is 9.59 Å². The Hall–Kier alpha value is -2.54. The zero-order valence-corrected chi connectivity index (χ0v) is 19.5. The SMILES string of the molecule is CC1CCN(C(=O)c2ccc(NC3=C(Cl)C(=O)N(c4cccc(Cl)c4Cl)C3=O)cc2)CC1. The van der Waals surface area contributed by atoms with Gasteiger partial charge in [0.25, 0.3) is 17.7 Å². The molecular weight excluding hydrogens is 473 g/mol. The maximum atomic E-state index is 12.9. The van der Waals surface area contributed by atoms with Gasteiger partial charge in [0.2, 0.25) is 0 Å². The largest absolute Gasteiger partial charge is 0.350 e. The highest BCUT2D eigenvalue weighted by atomic mass is 35.5. The van der Waals surface area contributed by atoms with E-state index in [9.17, 15) is 14.4 Å². The van der Waals surface area contributed by atoms with Crippen LogP contribution in [0.3, 0.4) is 0 Å². The maximum Gasteiger partial charge on any atom is 0.283 e. The molecule has 2 aliphatic rings. The van der Waals surface area contributed by atoms with E-state index in [0.717, 1.165) is 30.8 Å². The molecule has 0 aromatic heterocycles. The minimum absolute atomic E-state index is 0.0189. The van der Waals surface area contributed by atoms with Crippen LogP contribution in [0, 0.1) is 5.92 Å². The average molecular weight is 493 g/mol. The Kier molecular flexibility index (Phi) is 6.47. The predicted octanol–water partition coefficient (Wildman–Crippen LogP) is 5.30. The van der Waals surface area contributed by atoms with Crippen molar-refractivity contribution in [2.45, 2.75) is 19.8 Å². The van der Waals surface area contributed by atoms with Crippen molar-refractivity contribution >= 4 is 63.9 Å². The monoisotopic (exact) mass is 491 g/mol. The number of carbonyl (C=O) groups is 3. The smallest absolute Gasteiger partial charge is 0.283 e. The van der Waals surface area contributed by atoms with Crippen molar-refractivity contribution in [2.24, 2.45) is 5.92 Å². The summed E-state index contributed by atoms with van der Waals surface area (Å²) in [5.74, 6) is -0.729. The van der Waals surface area contributed by atoms with Crippen LogP contribution in [0.2, 0.25) is 10.0 Å². The second-order valence-electron chi connectivity index (χ2n) is 7.88. The summed E-state index contributed by atoms with van der Waals surface area (Å²) < 4.78 is 0. The third kappa shape index (κ3) is 4.22. The number of benzene rings is 2. The molecule has 0 radical (unpaired) electrons. The molecule has 4 rings (SSSR count). The first-order chi connectivity index (χ1) is 15.3. The van der Waals surface area contributed by atoms with Crippen molar-refractivity contribution in [1.82, 2.24) is 4.90 Å². The summed E-state index contributed by atoms with van der Waals surface area (Å²) >= 11 is 18.4. The van der Waals surface area contributed by atoms with E-state index in [4.69, 9.17) is 34.8 Å². The standard InChI is InChI=1S/C23H20Cl3N3O3/c1-13-9-11-28(12-10-13)21(30)14-5-7-15(8-6-14)27-20-19(26)22(31)29(23(20)32)17-4-2-3-16(24)18(17)25/h2-8,13,27H,9-12H2,1H3. The molecule has 32 heavy (non-hydrogen) atoms. The van der Waals surface area contributed by atoms with Gasteiger partial charge in [-0.2, -0.15) is 0 Å². The fourth-order valence-corrected chi connectivity index (χ4v) is 4.32. The fourth-order valence-electron chi connectivity index (χ4n) is 3.73. The highest BCUT2D eigenvalue weighted by molar-refractivity contribution is 6.54. The molecule has 3 amide bonds. The van der Waals surface area contributed by atoms with E-state index in [1.165, 1.54) is 6.07 Å². The molecule has 2 aromatic rings. The highest BCUT2D eigenvalue weighted by Gasteiger charge is 2.40. The molecule has 0 unspecified atom stereocenters. The van der Waals surface area contributed by atoms with Crippen LogP contribution < -0.4 is 10.2 Å². The Morgan fingerprint density at radius 2 is 1.62 bits per heavy atom. The van der Waals surface area contributed by atoms with Crippen LogP contribution in [0.5, 0.6) is 0 Å². The lowest BCUT2D eigenvalue weighted by molar-refractivity contribution is -0.120. The third-order valence-corrected chi connectivity index (χ3v) is 6.83. The van der Waals surface area contributed by atoms with E-state index in [1.54, 1.807) is 36.4 Å². The Morgan fingerprint density at radius 3 is 2.28 bits per heavy atom. The average Bonchev–Trinajstić information content (AvgIpc) is 2.99. The van der Waals surface area contributed by atoms with Crippen molar-refractivity contribution in [1.29, 1.82) is 0 Å². The number of nitrogens with one attached hydrogen (secondary N) is 1. The quantitative estimate of drug-likeness (QED) is 0.588. The van der Waals surface area contributed by atoms with Gasteiger partial charge in [0, 0.05) is 24.3 Å². The van der Waals surface area contributed by atoms with E-state index in [0.29, 0.717) is 17.2 Å². The zero-order chi connectivity index (χ0) is 23.0. The third-order valence-electron chi connectivity index (χ3n) is 5.67. The predicted molar refractivity (Wildman–Crippen MR) is 126 cm³/mol. The molecule has 1 N–H and O–H groups in total. The van der Waals surface area contributed by atoms with Gasteiger partial charge in [-0.15, -0.1) is 0 Å². The first-order valence-electron chi connectivity index (χ1n) is 10.2. The number of imide groups is 1. The lowest BCUT2D eigenvalue weighted by atomic mass is 9.98. The van der Waals surface area contributed by atoms with Crippen LogP contribution in [0.15, 0.2) is 53.2 Å². The molecule has 0 bridgehead atoms. The molecule has 0 saturated carbocycles. The topological polar surface area (TPSA) is 69.7 Å². The molecule has 2 heterocycles. The lowest BCUT2D eigenvalue weighted by Gasteiger charge is -2.30. The second kappa shape index (κ2) is 9.14. The number of piperidine rings is 1. The Labute approximate surface area is 200 Å². The summed E-state index contributed by atoms with van der Waals surface area (Å²) in [7, 11) is 0. The van der Waals surface area contributed by atoms with Crippen LogP contribution in [0.25, 0.3) is 0 Å². The van der Waals surface area contributed by atoms with Crippen LogP contribution in [0.1, 0.15) is 30.1 Å². The Balaban J connectivity index is 1.50. The molecular formula is C23H20Cl3N3O3. The van der Waals surface area contributed by atoms with E-state index >= 15 is 0 Å². The number of likely N-dealkylation sites (tertiary alicyclic amines) is 1. The van der Waals surface area contributed by atoms with Crippen molar-refractivity contribution < 1.29 is 14.4 Å². The normalized spacial score (nSPS) is 17.4. The Bertz CT molecular complexity index is 1120. The number of rotatable bonds is 4. The van der Waals surface area contributed by atoms with Crippen molar-refractivity contribution in [3.63, 3.8) is 0 Å². The first-order valence-corrected chi connectivity index (χ1v) is 11.3. The zero-order valence-electron chi connectivity index (χ0n) is 17.2. The number of anilines is 2. The maximum absolute atomic E-state index is 12.9. The van der Waals surface area contributed by atoms with Crippen molar-refractivity contribution in [2.75, 3.05) is 23.3 Å². The summed E-state index contributed by atoms with van der Waals surface area (Å²) in [5, 5.41) is 2.93. The number of nitrogens with zero attached hydrogens (tertiary/aromatic N) is 2. The molecule has 0 spiro atoms. The highest BCUT2D eigenvalue weighted by Crippen LogP contribution is 2.37. The minimum Gasteiger partial charge on any atom is -0.350 e. The van der Waals surface area contributed by atoms with Gasteiger partial charge in [0.15, 0.2) is 0 Å². The molecule has 1 fully saturated rings. The molecule has 0 aliphatic carbocycles. The second-order valence-corrected chi connectivity index (χ2v) is 9.05. The molecule has 9 heteroatoms. The van der Waals surface area contributed by atoms with E-state index < -0.39 is 11.8 Å². The Morgan fingerprint density at radius 1 is 0.969 bits per heavy atom. The minimum atomic E-state index is -0.700. The molecule has 6 nitrogen and oxygen atoms in total. The van der Waals surface area contributed by atoms with E-state index in [-0.39, 0.29) is 32.4 Å².